The van der Waals surface area contributed by atoms with Crippen LogP contribution in [0.3, 0.4) is 0 Å². The lowest BCUT2D eigenvalue weighted by molar-refractivity contribution is 0.0199. The Morgan fingerprint density at radius 2 is 1.75 bits per heavy atom. The number of carbonyl (C=O) groups is 1. The number of halogens is 1. The number of pyridine rings is 1. The van der Waals surface area contributed by atoms with E-state index in [0.29, 0.717) is 49.1 Å². The van der Waals surface area contributed by atoms with Crippen LogP contribution < -0.4 is 5.32 Å². The van der Waals surface area contributed by atoms with E-state index in [0.717, 1.165) is 16.7 Å². The van der Waals surface area contributed by atoms with E-state index in [9.17, 15) is 9.18 Å². The number of ether oxygens (including phenoxy) is 1. The Morgan fingerprint density at radius 1 is 1.05 bits per heavy atom. The van der Waals surface area contributed by atoms with E-state index >= 15 is 0 Å². The Bertz CT molecular complexity index is 1440. The van der Waals surface area contributed by atoms with Gasteiger partial charge in [-0.3, -0.25) is 0 Å². The second kappa shape index (κ2) is 11.5. The molecule has 7 nitrogen and oxygen atoms in total. The van der Waals surface area contributed by atoms with Crippen molar-refractivity contribution in [3.05, 3.63) is 90.2 Å². The first-order valence-corrected chi connectivity index (χ1v) is 13.7. The van der Waals surface area contributed by atoms with E-state index in [-0.39, 0.29) is 23.9 Å². The molecular formula is C32H35FN4O3. The number of rotatable bonds is 6. The van der Waals surface area contributed by atoms with Gasteiger partial charge >= 0.3 is 6.09 Å². The molecule has 8 heteroatoms. The van der Waals surface area contributed by atoms with Crippen molar-refractivity contribution < 1.29 is 18.3 Å². The number of hydrogen-bond acceptors (Lipinski definition) is 6. The summed E-state index contributed by atoms with van der Waals surface area (Å²) in [5.41, 5.74) is 2.86. The molecule has 208 valence electrons. The highest BCUT2D eigenvalue weighted by Crippen LogP contribution is 2.38. The maximum atomic E-state index is 13.7. The number of nitrogens with one attached hydrogen (secondary N) is 1. The van der Waals surface area contributed by atoms with Crippen molar-refractivity contribution in [1.82, 2.24) is 14.9 Å². The fraction of sp³-hybridized carbons (Fsp3) is 0.344. The Morgan fingerprint density at radius 3 is 2.42 bits per heavy atom. The van der Waals surface area contributed by atoms with Crippen LogP contribution in [0.15, 0.2) is 77.3 Å². The predicted octanol–water partition coefficient (Wildman–Crippen LogP) is 7.83. The van der Waals surface area contributed by atoms with Gasteiger partial charge < -0.3 is 19.4 Å². The van der Waals surface area contributed by atoms with Crippen LogP contribution in [-0.2, 0) is 4.74 Å². The second-order valence-electron chi connectivity index (χ2n) is 11.2. The molecule has 0 bridgehead atoms. The molecule has 0 radical (unpaired) electrons. The molecule has 2 aromatic carbocycles. The molecule has 1 atom stereocenters. The summed E-state index contributed by atoms with van der Waals surface area (Å²) >= 11 is 0. The van der Waals surface area contributed by atoms with Gasteiger partial charge in [-0.25, -0.2) is 19.2 Å². The van der Waals surface area contributed by atoms with E-state index in [1.165, 1.54) is 12.1 Å². The van der Waals surface area contributed by atoms with Crippen molar-refractivity contribution in [2.75, 3.05) is 18.4 Å². The third-order valence-corrected chi connectivity index (χ3v) is 6.94. The third-order valence-electron chi connectivity index (χ3n) is 6.94. The minimum atomic E-state index is -0.535. The Balaban J connectivity index is 1.41. The molecule has 40 heavy (non-hydrogen) atoms. The van der Waals surface area contributed by atoms with Gasteiger partial charge in [-0.2, -0.15) is 0 Å². The lowest BCUT2D eigenvalue weighted by Gasteiger charge is -2.32. The van der Waals surface area contributed by atoms with Gasteiger partial charge in [0.05, 0.1) is 0 Å². The topological polar surface area (TPSA) is 80.5 Å². The fourth-order valence-corrected chi connectivity index (χ4v) is 4.84. The van der Waals surface area contributed by atoms with Gasteiger partial charge in [-0.05, 0) is 82.5 Å². The van der Waals surface area contributed by atoms with Crippen molar-refractivity contribution in [2.45, 2.75) is 58.1 Å². The molecule has 0 spiro atoms. The molecule has 1 amide bonds. The SMILES string of the molecule is C[C@H](Nc1cc(-c2oc(C3CCN(C(=O)OC(C)(C)C)CC3)nc2-c2ccc(F)cc2)ccn1)c1ccccc1. The Hall–Kier alpha value is -4.20. The van der Waals surface area contributed by atoms with E-state index in [1.54, 1.807) is 23.2 Å². The molecule has 4 aromatic rings. The molecule has 2 aromatic heterocycles. The quantitative estimate of drug-likeness (QED) is 0.267. The Kier molecular flexibility index (Phi) is 7.87. The summed E-state index contributed by atoms with van der Waals surface area (Å²) in [4.78, 5) is 23.7. The summed E-state index contributed by atoms with van der Waals surface area (Å²) in [7, 11) is 0. The molecular weight excluding hydrogens is 507 g/mol. The highest BCUT2D eigenvalue weighted by Gasteiger charge is 2.31. The van der Waals surface area contributed by atoms with Crippen LogP contribution in [0.4, 0.5) is 15.0 Å². The van der Waals surface area contributed by atoms with E-state index in [1.807, 2.05) is 51.1 Å². The molecule has 1 aliphatic rings. The van der Waals surface area contributed by atoms with E-state index in [4.69, 9.17) is 14.1 Å². The normalized spacial score (nSPS) is 15.1. The summed E-state index contributed by atoms with van der Waals surface area (Å²) in [5.74, 6) is 1.66. The standard InChI is InChI=1S/C32H35FN4O3/c1-21(22-8-6-5-7-9-22)35-27-20-25(14-17-34-27)29-28(23-10-12-26(33)13-11-23)36-30(39-29)24-15-18-37(19-16-24)31(38)40-32(2,3)4/h5-14,17,20-21,24H,15-16,18-19H2,1-4H3,(H,34,35)/t21-/m0/s1. The predicted molar refractivity (Wildman–Crippen MR) is 153 cm³/mol. The number of aromatic nitrogens is 2. The number of carbonyl (C=O) groups excluding carboxylic acids is 1. The van der Waals surface area contributed by atoms with Crippen molar-refractivity contribution in [3.8, 4) is 22.6 Å². The van der Waals surface area contributed by atoms with Crippen molar-refractivity contribution >= 4 is 11.9 Å². The average molecular weight is 543 g/mol. The molecule has 1 N–H and O–H groups in total. The van der Waals surface area contributed by atoms with Crippen LogP contribution in [0.2, 0.25) is 0 Å². The number of benzene rings is 2. The summed E-state index contributed by atoms with van der Waals surface area (Å²) in [6.07, 6.45) is 2.86. The maximum Gasteiger partial charge on any atom is 0.410 e. The van der Waals surface area contributed by atoms with Gasteiger partial charge in [0, 0.05) is 42.4 Å². The van der Waals surface area contributed by atoms with Crippen molar-refractivity contribution in [2.24, 2.45) is 0 Å². The summed E-state index contributed by atoms with van der Waals surface area (Å²) in [5, 5.41) is 3.46. The second-order valence-corrected chi connectivity index (χ2v) is 11.2. The van der Waals surface area contributed by atoms with Gasteiger partial charge in [-0.15, -0.1) is 0 Å². The molecule has 0 saturated carbocycles. The van der Waals surface area contributed by atoms with E-state index < -0.39 is 5.60 Å². The van der Waals surface area contributed by atoms with Crippen molar-refractivity contribution in [1.29, 1.82) is 0 Å². The zero-order chi connectivity index (χ0) is 28.3. The lowest BCUT2D eigenvalue weighted by Crippen LogP contribution is -2.41. The fourth-order valence-electron chi connectivity index (χ4n) is 4.84. The highest BCUT2D eigenvalue weighted by atomic mass is 19.1. The minimum Gasteiger partial charge on any atom is -0.444 e. The van der Waals surface area contributed by atoms with Gasteiger partial charge in [0.15, 0.2) is 11.7 Å². The monoisotopic (exact) mass is 542 g/mol. The molecule has 1 fully saturated rings. The Labute approximate surface area is 234 Å². The highest BCUT2D eigenvalue weighted by molar-refractivity contribution is 5.78. The van der Waals surface area contributed by atoms with Crippen LogP contribution in [-0.4, -0.2) is 39.7 Å². The number of anilines is 1. The molecule has 1 aliphatic heterocycles. The molecule has 0 unspecified atom stereocenters. The van der Waals surface area contributed by atoms with E-state index in [2.05, 4.69) is 29.4 Å². The number of amides is 1. The number of hydrogen-bond donors (Lipinski definition) is 1. The number of nitrogens with zero attached hydrogens (tertiary/aromatic N) is 3. The maximum absolute atomic E-state index is 13.7. The van der Waals surface area contributed by atoms with Gasteiger partial charge in [-0.1, -0.05) is 30.3 Å². The molecule has 0 aliphatic carbocycles. The van der Waals surface area contributed by atoms with Gasteiger partial charge in [0.1, 0.15) is 22.9 Å². The molecule has 1 saturated heterocycles. The first-order chi connectivity index (χ1) is 19.2. The largest absolute Gasteiger partial charge is 0.444 e. The minimum absolute atomic E-state index is 0.0455. The van der Waals surface area contributed by atoms with Crippen LogP contribution >= 0.6 is 0 Å². The van der Waals surface area contributed by atoms with Gasteiger partial charge in [0.25, 0.3) is 0 Å². The molecule has 5 rings (SSSR count). The van der Waals surface area contributed by atoms with Crippen molar-refractivity contribution in [3.63, 3.8) is 0 Å². The first-order valence-electron chi connectivity index (χ1n) is 13.7. The zero-order valence-electron chi connectivity index (χ0n) is 23.4. The van der Waals surface area contributed by atoms with Crippen LogP contribution in [0, 0.1) is 5.82 Å². The average Bonchev–Trinajstić information content (AvgIpc) is 3.39. The van der Waals surface area contributed by atoms with Crippen LogP contribution in [0.25, 0.3) is 22.6 Å². The molecule has 3 heterocycles. The number of piperidine rings is 1. The number of oxazole rings is 1. The number of likely N-dealkylation sites (tertiary alicyclic amines) is 1. The van der Waals surface area contributed by atoms with Crippen LogP contribution in [0.1, 0.15) is 64.0 Å². The first kappa shape index (κ1) is 27.4. The zero-order valence-corrected chi connectivity index (χ0v) is 23.4. The lowest BCUT2D eigenvalue weighted by atomic mass is 9.97. The summed E-state index contributed by atoms with van der Waals surface area (Å²) in [6, 6.07) is 20.3. The van der Waals surface area contributed by atoms with Crippen LogP contribution in [0.5, 0.6) is 0 Å². The summed E-state index contributed by atoms with van der Waals surface area (Å²) in [6.45, 7) is 8.81. The third kappa shape index (κ3) is 6.50. The van der Waals surface area contributed by atoms with Gasteiger partial charge in [0.2, 0.25) is 0 Å². The smallest absolute Gasteiger partial charge is 0.410 e. The summed E-state index contributed by atoms with van der Waals surface area (Å²) < 4.78 is 25.7.